The average molecular weight is 235 g/mol. The zero-order valence-corrected chi connectivity index (χ0v) is 11.4. The van der Waals surface area contributed by atoms with Gasteiger partial charge in [0.15, 0.2) is 0 Å². The number of nitrogen functional groups attached to an aromatic ring is 1. The highest BCUT2D eigenvalue weighted by Gasteiger charge is 2.17. The van der Waals surface area contributed by atoms with Crippen LogP contribution in [0.2, 0.25) is 0 Å². The topological polar surface area (TPSA) is 43.8 Å². The minimum Gasteiger partial charge on any atom is -0.384 e. The molecule has 1 aromatic heterocycles. The van der Waals surface area contributed by atoms with Crippen LogP contribution < -0.4 is 5.73 Å². The van der Waals surface area contributed by atoms with Gasteiger partial charge in [0, 0.05) is 18.9 Å². The van der Waals surface area contributed by atoms with E-state index in [-0.39, 0.29) is 0 Å². The predicted molar refractivity (Wildman–Crippen MR) is 74.2 cm³/mol. The Bertz CT molecular complexity index is 366. The molecule has 17 heavy (non-hydrogen) atoms. The fraction of sp³-hybridized carbons (Fsp3) is 0.643. The van der Waals surface area contributed by atoms with Crippen LogP contribution in [0.25, 0.3) is 0 Å². The summed E-state index contributed by atoms with van der Waals surface area (Å²) in [7, 11) is 0. The molecule has 0 bridgehead atoms. The maximum absolute atomic E-state index is 6.20. The molecule has 2 N–H and O–H groups in total. The van der Waals surface area contributed by atoms with Crippen molar-refractivity contribution in [3.8, 4) is 0 Å². The molecule has 0 aliphatic rings. The lowest BCUT2D eigenvalue weighted by molar-refractivity contribution is 0.650. The van der Waals surface area contributed by atoms with Gasteiger partial charge in [-0.15, -0.1) is 6.58 Å². The van der Waals surface area contributed by atoms with Gasteiger partial charge in [-0.05, 0) is 12.8 Å². The van der Waals surface area contributed by atoms with Crippen molar-refractivity contribution in [3.05, 3.63) is 24.2 Å². The summed E-state index contributed by atoms with van der Waals surface area (Å²) in [6.07, 6.45) is 6.26. The number of hydrogen-bond donors (Lipinski definition) is 1. The molecule has 0 aliphatic heterocycles. The molecule has 1 heterocycles. The first-order valence-electron chi connectivity index (χ1n) is 6.61. The summed E-state index contributed by atoms with van der Waals surface area (Å²) in [5.74, 6) is 2.37. The summed E-state index contributed by atoms with van der Waals surface area (Å²) in [6.45, 7) is 11.1. The maximum Gasteiger partial charge on any atom is 0.127 e. The Labute approximate surface area is 105 Å². The third-order valence-electron chi connectivity index (χ3n) is 3.09. The van der Waals surface area contributed by atoms with Crippen LogP contribution in [0.15, 0.2) is 12.7 Å². The highest BCUT2D eigenvalue weighted by atomic mass is 15.1. The van der Waals surface area contributed by atoms with E-state index in [0.29, 0.717) is 5.92 Å². The van der Waals surface area contributed by atoms with Gasteiger partial charge >= 0.3 is 0 Å². The maximum atomic E-state index is 6.20. The van der Waals surface area contributed by atoms with Gasteiger partial charge in [0.25, 0.3) is 0 Å². The summed E-state index contributed by atoms with van der Waals surface area (Å²) in [6, 6.07) is 0. The van der Waals surface area contributed by atoms with Gasteiger partial charge in [0.05, 0.1) is 5.69 Å². The largest absolute Gasteiger partial charge is 0.384 e. The Hall–Kier alpha value is -1.25. The Morgan fingerprint density at radius 3 is 2.65 bits per heavy atom. The zero-order valence-electron chi connectivity index (χ0n) is 11.4. The number of aromatic nitrogens is 2. The first kappa shape index (κ1) is 13.8. The number of nitrogens with two attached hydrogens (primary N) is 1. The molecule has 3 nitrogen and oxygen atoms in total. The standard InChI is InChI=1S/C14H25N3/c1-5-8-11(4)13-14(15)17(10-7-3)12(16-13)9-6-2/h7,11H,3,5-6,8-10,15H2,1-2,4H3. The van der Waals surface area contributed by atoms with E-state index in [1.54, 1.807) is 0 Å². The molecule has 3 heteroatoms. The van der Waals surface area contributed by atoms with Crippen molar-refractivity contribution in [1.82, 2.24) is 9.55 Å². The Balaban J connectivity index is 3.06. The van der Waals surface area contributed by atoms with Crippen LogP contribution in [-0.4, -0.2) is 9.55 Å². The molecule has 1 atom stereocenters. The molecular weight excluding hydrogens is 210 g/mol. The molecule has 0 spiro atoms. The summed E-state index contributed by atoms with van der Waals surface area (Å²) in [5, 5.41) is 0. The number of aryl methyl sites for hydroxylation is 1. The number of rotatable bonds is 7. The van der Waals surface area contributed by atoms with Crippen molar-refractivity contribution < 1.29 is 0 Å². The van der Waals surface area contributed by atoms with E-state index in [0.717, 1.165) is 49.6 Å². The number of hydrogen-bond acceptors (Lipinski definition) is 2. The van der Waals surface area contributed by atoms with E-state index in [4.69, 9.17) is 10.7 Å². The highest BCUT2D eigenvalue weighted by Crippen LogP contribution is 2.27. The van der Waals surface area contributed by atoms with E-state index in [1.165, 1.54) is 0 Å². The zero-order chi connectivity index (χ0) is 12.8. The van der Waals surface area contributed by atoms with E-state index in [2.05, 4.69) is 31.9 Å². The molecule has 0 fully saturated rings. The molecule has 0 radical (unpaired) electrons. The lowest BCUT2D eigenvalue weighted by Gasteiger charge is -2.09. The molecule has 0 saturated carbocycles. The fourth-order valence-electron chi connectivity index (χ4n) is 2.21. The first-order chi connectivity index (χ1) is 8.15. The van der Waals surface area contributed by atoms with Gasteiger partial charge < -0.3 is 10.3 Å². The second-order valence-electron chi connectivity index (χ2n) is 4.64. The molecular formula is C14H25N3. The van der Waals surface area contributed by atoms with E-state index < -0.39 is 0 Å². The molecule has 0 amide bonds. The van der Waals surface area contributed by atoms with Crippen molar-refractivity contribution in [2.75, 3.05) is 5.73 Å². The number of imidazole rings is 1. The second-order valence-corrected chi connectivity index (χ2v) is 4.64. The van der Waals surface area contributed by atoms with E-state index in [9.17, 15) is 0 Å². The summed E-state index contributed by atoms with van der Waals surface area (Å²) in [4.78, 5) is 4.73. The van der Waals surface area contributed by atoms with Crippen molar-refractivity contribution in [1.29, 1.82) is 0 Å². The second kappa shape index (κ2) is 6.48. The number of anilines is 1. The van der Waals surface area contributed by atoms with Crippen LogP contribution >= 0.6 is 0 Å². The summed E-state index contributed by atoms with van der Waals surface area (Å²) in [5.41, 5.74) is 7.27. The predicted octanol–water partition coefficient (Wildman–Crippen LogP) is 3.51. The van der Waals surface area contributed by atoms with Gasteiger partial charge in [-0.1, -0.05) is 33.3 Å². The lowest BCUT2D eigenvalue weighted by atomic mass is 10.0. The lowest BCUT2D eigenvalue weighted by Crippen LogP contribution is -2.06. The molecule has 1 unspecified atom stereocenters. The quantitative estimate of drug-likeness (QED) is 0.735. The molecule has 96 valence electrons. The van der Waals surface area contributed by atoms with Gasteiger partial charge in [-0.3, -0.25) is 0 Å². The van der Waals surface area contributed by atoms with Crippen molar-refractivity contribution in [2.24, 2.45) is 0 Å². The normalized spacial score (nSPS) is 12.6. The number of allylic oxidation sites excluding steroid dienone is 1. The Morgan fingerprint density at radius 1 is 1.41 bits per heavy atom. The molecule has 0 saturated heterocycles. The van der Waals surface area contributed by atoms with Crippen LogP contribution in [0, 0.1) is 0 Å². The molecule has 0 aliphatic carbocycles. The third kappa shape index (κ3) is 3.11. The van der Waals surface area contributed by atoms with Crippen LogP contribution in [0.1, 0.15) is 57.5 Å². The SMILES string of the molecule is C=CCn1c(CCC)nc(C(C)CCC)c1N. The van der Waals surface area contributed by atoms with Gasteiger partial charge in [0.2, 0.25) is 0 Å². The number of nitrogens with zero attached hydrogens (tertiary/aromatic N) is 2. The minimum atomic E-state index is 0.446. The molecule has 0 aromatic carbocycles. The van der Waals surface area contributed by atoms with Crippen LogP contribution in [0.5, 0.6) is 0 Å². The monoisotopic (exact) mass is 235 g/mol. The van der Waals surface area contributed by atoms with Crippen LogP contribution in [0.4, 0.5) is 5.82 Å². The third-order valence-corrected chi connectivity index (χ3v) is 3.09. The van der Waals surface area contributed by atoms with Gasteiger partial charge in [-0.2, -0.15) is 0 Å². The van der Waals surface area contributed by atoms with Crippen LogP contribution in [0.3, 0.4) is 0 Å². The van der Waals surface area contributed by atoms with Gasteiger partial charge in [0.1, 0.15) is 11.6 Å². The van der Waals surface area contributed by atoms with Crippen molar-refractivity contribution in [3.63, 3.8) is 0 Å². The van der Waals surface area contributed by atoms with Crippen molar-refractivity contribution >= 4 is 5.82 Å². The molecule has 1 aromatic rings. The smallest absolute Gasteiger partial charge is 0.127 e. The highest BCUT2D eigenvalue weighted by molar-refractivity contribution is 5.40. The summed E-state index contributed by atoms with van der Waals surface area (Å²) >= 11 is 0. The van der Waals surface area contributed by atoms with Crippen molar-refractivity contribution in [2.45, 2.75) is 58.9 Å². The first-order valence-corrected chi connectivity index (χ1v) is 6.61. The Kier molecular flexibility index (Phi) is 5.26. The van der Waals surface area contributed by atoms with E-state index >= 15 is 0 Å². The summed E-state index contributed by atoms with van der Waals surface area (Å²) < 4.78 is 2.10. The van der Waals surface area contributed by atoms with Gasteiger partial charge in [-0.25, -0.2) is 4.98 Å². The van der Waals surface area contributed by atoms with Crippen LogP contribution in [-0.2, 0) is 13.0 Å². The van der Waals surface area contributed by atoms with E-state index in [1.807, 2.05) is 6.08 Å². The minimum absolute atomic E-state index is 0.446. The molecule has 1 rings (SSSR count). The fourth-order valence-corrected chi connectivity index (χ4v) is 2.21. The Morgan fingerprint density at radius 2 is 2.12 bits per heavy atom. The average Bonchev–Trinajstić information content (AvgIpc) is 2.59.